The maximum absolute atomic E-state index is 12.5. The number of hydrogen-bond donors (Lipinski definition) is 1. The number of hydrogen-bond acceptors (Lipinski definition) is 3. The van der Waals surface area contributed by atoms with Crippen molar-refractivity contribution in [1.29, 1.82) is 0 Å². The molecule has 0 spiro atoms. The van der Waals surface area contributed by atoms with E-state index in [0.29, 0.717) is 5.56 Å². The lowest BCUT2D eigenvalue weighted by atomic mass is 10.1. The monoisotopic (exact) mass is 388 g/mol. The predicted molar refractivity (Wildman–Crippen MR) is 80.9 cm³/mol. The van der Waals surface area contributed by atoms with Gasteiger partial charge in [0.25, 0.3) is 0 Å². The van der Waals surface area contributed by atoms with Crippen molar-refractivity contribution in [1.82, 2.24) is 10.2 Å². The first-order valence-corrected chi connectivity index (χ1v) is 7.16. The topological polar surface area (TPSA) is 24.5 Å². The summed E-state index contributed by atoms with van der Waals surface area (Å²) in [7, 11) is 0. The number of alkyl halides is 3. The van der Waals surface area contributed by atoms with Crippen LogP contribution in [0.25, 0.3) is 0 Å². The fourth-order valence-corrected chi connectivity index (χ4v) is 2.71. The van der Waals surface area contributed by atoms with Crippen LogP contribution in [0.4, 0.5) is 13.2 Å². The molecule has 120 valence electrons. The van der Waals surface area contributed by atoms with Crippen molar-refractivity contribution >= 4 is 28.3 Å². The van der Waals surface area contributed by atoms with Gasteiger partial charge in [0.15, 0.2) is 0 Å². The van der Waals surface area contributed by atoms with Crippen LogP contribution in [0.15, 0.2) is 22.7 Å². The number of ether oxygens (including phenoxy) is 1. The van der Waals surface area contributed by atoms with E-state index in [1.54, 1.807) is 12.1 Å². The molecule has 0 amide bonds. The van der Waals surface area contributed by atoms with Gasteiger partial charge in [-0.05, 0) is 25.1 Å². The molecule has 8 heteroatoms. The van der Waals surface area contributed by atoms with Gasteiger partial charge >= 0.3 is 6.36 Å². The molecule has 1 heterocycles. The molecule has 1 atom stereocenters. The van der Waals surface area contributed by atoms with Crippen LogP contribution >= 0.6 is 28.3 Å². The van der Waals surface area contributed by atoms with E-state index in [0.717, 1.165) is 30.7 Å². The standard InChI is InChI=1S/C13H16BrF3N2O.ClH/c1-9(19-6-4-18-5-7-19)11-8-10(14)2-3-12(11)20-13(15,16)17;/h2-3,8-9,18H,4-7H2,1H3;1H/t9-;/m0./s1. The van der Waals surface area contributed by atoms with Crippen LogP contribution in [0, 0.1) is 0 Å². The van der Waals surface area contributed by atoms with Gasteiger partial charge < -0.3 is 10.1 Å². The minimum atomic E-state index is -4.67. The van der Waals surface area contributed by atoms with Crippen LogP contribution in [0.1, 0.15) is 18.5 Å². The average Bonchev–Trinajstić information content (AvgIpc) is 2.39. The SMILES string of the molecule is C[C@@H](c1cc(Br)ccc1OC(F)(F)F)N1CCNCC1.Cl. The van der Waals surface area contributed by atoms with Crippen molar-refractivity contribution < 1.29 is 17.9 Å². The summed E-state index contributed by atoms with van der Waals surface area (Å²) >= 11 is 3.30. The molecule has 0 radical (unpaired) electrons. The Hall–Kier alpha value is -0.500. The summed E-state index contributed by atoms with van der Waals surface area (Å²) in [5.41, 5.74) is 0.540. The molecule has 2 rings (SSSR count). The van der Waals surface area contributed by atoms with Gasteiger partial charge in [-0.2, -0.15) is 0 Å². The van der Waals surface area contributed by atoms with Gasteiger partial charge in [-0.3, -0.25) is 4.90 Å². The molecule has 0 unspecified atom stereocenters. The molecule has 0 aliphatic carbocycles. The number of nitrogens with one attached hydrogen (secondary N) is 1. The van der Waals surface area contributed by atoms with E-state index in [9.17, 15) is 13.2 Å². The number of rotatable bonds is 3. The third-order valence-corrected chi connectivity index (χ3v) is 3.84. The molecule has 0 bridgehead atoms. The molecule has 1 fully saturated rings. The first-order valence-electron chi connectivity index (χ1n) is 6.37. The van der Waals surface area contributed by atoms with Gasteiger partial charge in [0.2, 0.25) is 0 Å². The van der Waals surface area contributed by atoms with E-state index < -0.39 is 6.36 Å². The van der Waals surface area contributed by atoms with Crippen molar-refractivity contribution in [3.63, 3.8) is 0 Å². The molecule has 21 heavy (non-hydrogen) atoms. The highest BCUT2D eigenvalue weighted by Crippen LogP contribution is 2.35. The molecule has 1 aliphatic heterocycles. The van der Waals surface area contributed by atoms with Gasteiger partial charge in [-0.15, -0.1) is 25.6 Å². The van der Waals surface area contributed by atoms with Gasteiger partial charge in [0, 0.05) is 42.3 Å². The number of benzene rings is 1. The van der Waals surface area contributed by atoms with Crippen LogP contribution in [0.2, 0.25) is 0 Å². The molecular weight excluding hydrogens is 373 g/mol. The van der Waals surface area contributed by atoms with Crippen molar-refractivity contribution in [2.24, 2.45) is 0 Å². The third-order valence-electron chi connectivity index (χ3n) is 3.35. The normalized spacial score (nSPS) is 18.0. The van der Waals surface area contributed by atoms with E-state index >= 15 is 0 Å². The first-order chi connectivity index (χ1) is 9.37. The van der Waals surface area contributed by atoms with E-state index in [2.05, 4.69) is 30.9 Å². The van der Waals surface area contributed by atoms with Gasteiger partial charge in [0.05, 0.1) is 0 Å². The third kappa shape index (κ3) is 5.32. The summed E-state index contributed by atoms with van der Waals surface area (Å²) in [6.07, 6.45) is -4.67. The fraction of sp³-hybridized carbons (Fsp3) is 0.538. The number of piperazine rings is 1. The Labute approximate surface area is 136 Å². The van der Waals surface area contributed by atoms with Gasteiger partial charge in [-0.25, -0.2) is 0 Å². The highest BCUT2D eigenvalue weighted by Gasteiger charge is 2.33. The predicted octanol–water partition coefficient (Wildman–Crippen LogP) is 3.74. The summed E-state index contributed by atoms with van der Waals surface area (Å²) < 4.78 is 42.3. The van der Waals surface area contributed by atoms with Crippen molar-refractivity contribution in [2.45, 2.75) is 19.3 Å². The van der Waals surface area contributed by atoms with Crippen LogP contribution in [-0.2, 0) is 0 Å². The number of nitrogens with zero attached hydrogens (tertiary/aromatic N) is 1. The van der Waals surface area contributed by atoms with Crippen molar-refractivity contribution in [3.8, 4) is 5.75 Å². The molecule has 0 saturated carbocycles. The Kier molecular flexibility index (Phi) is 6.77. The zero-order valence-corrected chi connectivity index (χ0v) is 13.8. The molecular formula is C13H17BrClF3N2O. The summed E-state index contributed by atoms with van der Waals surface area (Å²) in [6.45, 7) is 5.19. The highest BCUT2D eigenvalue weighted by molar-refractivity contribution is 9.10. The van der Waals surface area contributed by atoms with E-state index in [4.69, 9.17) is 0 Å². The Balaban J connectivity index is 0.00000220. The fourth-order valence-electron chi connectivity index (χ4n) is 2.33. The van der Waals surface area contributed by atoms with Crippen LogP contribution in [0.3, 0.4) is 0 Å². The second-order valence-electron chi connectivity index (χ2n) is 4.69. The summed E-state index contributed by atoms with van der Waals surface area (Å²) in [6, 6.07) is 4.46. The molecule has 1 saturated heterocycles. The van der Waals surface area contributed by atoms with E-state index in [1.807, 2.05) is 6.92 Å². The molecule has 1 N–H and O–H groups in total. The van der Waals surface area contributed by atoms with Crippen LogP contribution in [-0.4, -0.2) is 37.4 Å². The second-order valence-corrected chi connectivity index (χ2v) is 5.61. The Bertz CT molecular complexity index is 467. The molecule has 1 aromatic carbocycles. The summed E-state index contributed by atoms with van der Waals surface area (Å²) in [5, 5.41) is 3.22. The maximum atomic E-state index is 12.5. The van der Waals surface area contributed by atoms with Gasteiger partial charge in [0.1, 0.15) is 5.75 Å². The molecule has 1 aromatic rings. The minimum absolute atomic E-state index is 0. The molecule has 0 aromatic heterocycles. The largest absolute Gasteiger partial charge is 0.573 e. The lowest BCUT2D eigenvalue weighted by molar-refractivity contribution is -0.275. The van der Waals surface area contributed by atoms with Crippen molar-refractivity contribution in [2.75, 3.05) is 26.2 Å². The summed E-state index contributed by atoms with van der Waals surface area (Å²) in [5.74, 6) is -0.133. The Morgan fingerprint density at radius 3 is 2.48 bits per heavy atom. The number of halogens is 5. The first kappa shape index (κ1) is 18.5. The van der Waals surface area contributed by atoms with E-state index in [-0.39, 0.29) is 24.2 Å². The highest BCUT2D eigenvalue weighted by atomic mass is 79.9. The summed E-state index contributed by atoms with van der Waals surface area (Å²) in [4.78, 5) is 2.14. The van der Waals surface area contributed by atoms with E-state index in [1.165, 1.54) is 6.07 Å². The lowest BCUT2D eigenvalue weighted by Gasteiger charge is -2.33. The smallest absolute Gasteiger partial charge is 0.405 e. The molecule has 1 aliphatic rings. The zero-order chi connectivity index (χ0) is 14.8. The van der Waals surface area contributed by atoms with Crippen LogP contribution < -0.4 is 10.1 Å². The lowest BCUT2D eigenvalue weighted by Crippen LogP contribution is -2.44. The minimum Gasteiger partial charge on any atom is -0.405 e. The second kappa shape index (κ2) is 7.67. The van der Waals surface area contributed by atoms with Crippen molar-refractivity contribution in [3.05, 3.63) is 28.2 Å². The average molecular weight is 390 g/mol. The quantitative estimate of drug-likeness (QED) is 0.852. The molecule has 3 nitrogen and oxygen atoms in total. The zero-order valence-electron chi connectivity index (χ0n) is 11.4. The maximum Gasteiger partial charge on any atom is 0.573 e. The Morgan fingerprint density at radius 2 is 1.90 bits per heavy atom. The van der Waals surface area contributed by atoms with Crippen LogP contribution in [0.5, 0.6) is 5.75 Å². The van der Waals surface area contributed by atoms with Gasteiger partial charge in [-0.1, -0.05) is 15.9 Å². The Morgan fingerprint density at radius 1 is 1.29 bits per heavy atom.